The van der Waals surface area contributed by atoms with E-state index in [0.717, 1.165) is 0 Å². The van der Waals surface area contributed by atoms with Crippen LogP contribution >= 0.6 is 0 Å². The van der Waals surface area contributed by atoms with Gasteiger partial charge in [0.05, 0.1) is 6.61 Å². The van der Waals surface area contributed by atoms with E-state index in [-0.39, 0.29) is 0 Å². The van der Waals surface area contributed by atoms with Crippen LogP contribution in [0, 0.1) is 0 Å². The molecule has 2 N–H and O–H groups in total. The van der Waals surface area contributed by atoms with Crippen LogP contribution in [0.1, 0.15) is 27.7 Å². The van der Waals surface area contributed by atoms with Crippen molar-refractivity contribution in [3.05, 3.63) is 24.3 Å². The number of urea groups is 1. The van der Waals surface area contributed by atoms with E-state index in [4.69, 9.17) is 14.2 Å². The molecule has 2 amide bonds. The molecule has 0 aliphatic heterocycles. The highest BCUT2D eigenvalue weighted by molar-refractivity contribution is 5.92. The molecule has 1 aromatic rings. The van der Waals surface area contributed by atoms with E-state index in [1.807, 2.05) is 0 Å². The zero-order valence-electron chi connectivity index (χ0n) is 14.8. The van der Waals surface area contributed by atoms with E-state index in [1.165, 1.54) is 0 Å². The van der Waals surface area contributed by atoms with Gasteiger partial charge in [-0.05, 0) is 52.0 Å². The van der Waals surface area contributed by atoms with Crippen LogP contribution in [0.5, 0.6) is 5.75 Å². The van der Waals surface area contributed by atoms with Gasteiger partial charge in [0.25, 0.3) is 0 Å². The minimum absolute atomic E-state index is 0.456. The van der Waals surface area contributed by atoms with Gasteiger partial charge in [-0.25, -0.2) is 9.59 Å². The molecule has 0 fully saturated rings. The van der Waals surface area contributed by atoms with Crippen molar-refractivity contribution in [2.75, 3.05) is 25.6 Å². The third kappa shape index (κ3) is 7.82. The lowest BCUT2D eigenvalue weighted by Crippen LogP contribution is -2.43. The Bertz CT molecular complexity index is 537. The highest BCUT2D eigenvalue weighted by atomic mass is 16.6. The van der Waals surface area contributed by atoms with E-state index in [9.17, 15) is 9.59 Å². The van der Waals surface area contributed by atoms with Gasteiger partial charge in [-0.1, -0.05) is 0 Å². The maximum atomic E-state index is 11.9. The lowest BCUT2D eigenvalue weighted by Gasteiger charge is -2.22. The summed E-state index contributed by atoms with van der Waals surface area (Å²) in [5.74, 6) is 0.194. The SMILES string of the molecule is COCCOc1ccc(NC(=O)N[C@H](C)C(=O)OC(C)(C)C)cc1. The van der Waals surface area contributed by atoms with Gasteiger partial charge in [-0.15, -0.1) is 0 Å². The molecule has 7 nitrogen and oxygen atoms in total. The van der Waals surface area contributed by atoms with Crippen LogP contribution in [0.25, 0.3) is 0 Å². The van der Waals surface area contributed by atoms with E-state index in [2.05, 4.69) is 10.6 Å². The molecule has 1 rings (SSSR count). The molecule has 0 aliphatic carbocycles. The fourth-order valence-electron chi connectivity index (χ4n) is 1.69. The molecular weight excluding hydrogens is 312 g/mol. The zero-order valence-corrected chi connectivity index (χ0v) is 14.8. The van der Waals surface area contributed by atoms with Gasteiger partial charge >= 0.3 is 12.0 Å². The predicted octanol–water partition coefficient (Wildman–Crippen LogP) is 2.56. The summed E-state index contributed by atoms with van der Waals surface area (Å²) in [4.78, 5) is 23.7. The number of anilines is 1. The van der Waals surface area contributed by atoms with Crippen molar-refractivity contribution in [3.8, 4) is 5.75 Å². The quantitative estimate of drug-likeness (QED) is 0.589. The van der Waals surface area contributed by atoms with Gasteiger partial charge in [-0.2, -0.15) is 0 Å². The molecule has 0 aromatic heterocycles. The summed E-state index contributed by atoms with van der Waals surface area (Å²) in [6.07, 6.45) is 0. The summed E-state index contributed by atoms with van der Waals surface area (Å²) in [7, 11) is 1.60. The first kappa shape index (κ1) is 19.8. The number of methoxy groups -OCH3 is 1. The Morgan fingerprint density at radius 1 is 1.12 bits per heavy atom. The number of hydrogen-bond donors (Lipinski definition) is 2. The first-order valence-electron chi connectivity index (χ1n) is 7.73. The molecule has 1 aromatic carbocycles. The summed E-state index contributed by atoms with van der Waals surface area (Å²) >= 11 is 0. The molecule has 0 saturated carbocycles. The summed E-state index contributed by atoms with van der Waals surface area (Å²) in [6, 6.07) is 5.66. The standard InChI is InChI=1S/C17H26N2O5/c1-12(15(20)24-17(2,3)4)18-16(21)19-13-6-8-14(9-7-13)23-11-10-22-5/h6-9,12H,10-11H2,1-5H3,(H2,18,19,21)/t12-/m1/s1. The number of ether oxygens (including phenoxy) is 3. The third-order valence-corrected chi connectivity index (χ3v) is 2.78. The number of hydrogen-bond acceptors (Lipinski definition) is 5. The average Bonchev–Trinajstić information content (AvgIpc) is 2.47. The van der Waals surface area contributed by atoms with Gasteiger partial charge in [-0.3, -0.25) is 0 Å². The number of carbonyl (C=O) groups is 2. The van der Waals surface area contributed by atoms with Crippen LogP contribution in [0.4, 0.5) is 10.5 Å². The van der Waals surface area contributed by atoms with Crippen molar-refractivity contribution < 1.29 is 23.8 Å². The van der Waals surface area contributed by atoms with Crippen molar-refractivity contribution in [1.29, 1.82) is 0 Å². The van der Waals surface area contributed by atoms with E-state index < -0.39 is 23.6 Å². The zero-order chi connectivity index (χ0) is 18.2. The highest BCUT2D eigenvalue weighted by Crippen LogP contribution is 2.15. The number of esters is 1. The lowest BCUT2D eigenvalue weighted by atomic mass is 10.2. The minimum Gasteiger partial charge on any atom is -0.491 e. The van der Waals surface area contributed by atoms with E-state index in [0.29, 0.717) is 24.7 Å². The molecule has 0 radical (unpaired) electrons. The van der Waals surface area contributed by atoms with Crippen LogP contribution < -0.4 is 15.4 Å². The fourth-order valence-corrected chi connectivity index (χ4v) is 1.69. The molecule has 0 aliphatic rings. The molecule has 24 heavy (non-hydrogen) atoms. The highest BCUT2D eigenvalue weighted by Gasteiger charge is 2.22. The first-order valence-corrected chi connectivity index (χ1v) is 7.73. The Morgan fingerprint density at radius 2 is 1.75 bits per heavy atom. The van der Waals surface area contributed by atoms with Crippen LogP contribution in [0.15, 0.2) is 24.3 Å². The van der Waals surface area contributed by atoms with Gasteiger partial charge in [0.15, 0.2) is 0 Å². The molecule has 7 heteroatoms. The third-order valence-electron chi connectivity index (χ3n) is 2.78. The van der Waals surface area contributed by atoms with E-state index in [1.54, 1.807) is 59.1 Å². The van der Waals surface area contributed by atoms with Crippen LogP contribution in [0.3, 0.4) is 0 Å². The summed E-state index contributed by atoms with van der Waals surface area (Å²) < 4.78 is 15.5. The van der Waals surface area contributed by atoms with Crippen molar-refractivity contribution >= 4 is 17.7 Å². The Kier molecular flexibility index (Phi) is 7.51. The number of nitrogens with one attached hydrogen (secondary N) is 2. The second-order valence-electron chi connectivity index (χ2n) is 6.22. The minimum atomic E-state index is -0.749. The summed E-state index contributed by atoms with van der Waals surface area (Å²) in [5.41, 5.74) is -0.00900. The lowest BCUT2D eigenvalue weighted by molar-refractivity contribution is -0.156. The summed E-state index contributed by atoms with van der Waals surface area (Å²) in [5, 5.41) is 5.18. The van der Waals surface area contributed by atoms with Gasteiger partial charge in [0, 0.05) is 12.8 Å². The molecule has 0 unspecified atom stereocenters. The van der Waals surface area contributed by atoms with Crippen molar-refractivity contribution in [2.24, 2.45) is 0 Å². The largest absolute Gasteiger partial charge is 0.491 e. The Hall–Kier alpha value is -2.28. The predicted molar refractivity (Wildman–Crippen MR) is 91.3 cm³/mol. The normalized spacial score (nSPS) is 12.2. The molecule has 0 heterocycles. The average molecular weight is 338 g/mol. The number of rotatable bonds is 7. The number of carbonyl (C=O) groups excluding carboxylic acids is 2. The number of amides is 2. The smallest absolute Gasteiger partial charge is 0.328 e. The van der Waals surface area contributed by atoms with Crippen LogP contribution in [0.2, 0.25) is 0 Å². The van der Waals surface area contributed by atoms with Crippen LogP contribution in [-0.2, 0) is 14.3 Å². The molecule has 134 valence electrons. The van der Waals surface area contributed by atoms with Crippen molar-refractivity contribution in [3.63, 3.8) is 0 Å². The van der Waals surface area contributed by atoms with Crippen molar-refractivity contribution in [1.82, 2.24) is 5.32 Å². The maximum absolute atomic E-state index is 11.9. The maximum Gasteiger partial charge on any atom is 0.328 e. The second-order valence-corrected chi connectivity index (χ2v) is 6.22. The Labute approximate surface area is 142 Å². The second kappa shape index (κ2) is 9.12. The van der Waals surface area contributed by atoms with E-state index >= 15 is 0 Å². The molecular formula is C17H26N2O5. The molecule has 1 atom stereocenters. The van der Waals surface area contributed by atoms with Crippen molar-refractivity contribution in [2.45, 2.75) is 39.3 Å². The topological polar surface area (TPSA) is 85.9 Å². The molecule has 0 bridgehead atoms. The number of benzene rings is 1. The van der Waals surface area contributed by atoms with Gasteiger partial charge in [0.1, 0.15) is 24.0 Å². The monoisotopic (exact) mass is 338 g/mol. The Balaban J connectivity index is 2.45. The molecule has 0 saturated heterocycles. The fraction of sp³-hybridized carbons (Fsp3) is 0.529. The van der Waals surface area contributed by atoms with Gasteiger partial charge in [0.2, 0.25) is 0 Å². The van der Waals surface area contributed by atoms with Crippen LogP contribution in [-0.4, -0.2) is 44.0 Å². The first-order chi connectivity index (χ1) is 11.2. The summed E-state index contributed by atoms with van der Waals surface area (Å²) in [6.45, 7) is 7.85. The van der Waals surface area contributed by atoms with Gasteiger partial charge < -0.3 is 24.8 Å². The molecule has 0 spiro atoms. The Morgan fingerprint density at radius 3 is 2.29 bits per heavy atom.